The van der Waals surface area contributed by atoms with Crippen molar-refractivity contribution in [3.05, 3.63) is 53.1 Å². The van der Waals surface area contributed by atoms with E-state index in [1.54, 1.807) is 21.3 Å². The number of nitrogens with zero attached hydrogens (tertiary/aromatic N) is 1. The summed E-state index contributed by atoms with van der Waals surface area (Å²) in [6, 6.07) is 12.3. The predicted octanol–water partition coefficient (Wildman–Crippen LogP) is 3.27. The zero-order valence-electron chi connectivity index (χ0n) is 14.0. The van der Waals surface area contributed by atoms with Gasteiger partial charge in [-0.3, -0.25) is 4.90 Å². The van der Waals surface area contributed by atoms with Gasteiger partial charge in [-0.1, -0.05) is 12.1 Å². The maximum absolute atomic E-state index is 5.51. The average Bonchev–Trinajstić information content (AvgIpc) is 2.61. The highest BCUT2D eigenvalue weighted by molar-refractivity contribution is 5.45. The lowest BCUT2D eigenvalue weighted by Crippen LogP contribution is -2.30. The number of rotatable bonds is 5. The lowest BCUT2D eigenvalue weighted by Gasteiger charge is -2.30. The van der Waals surface area contributed by atoms with Gasteiger partial charge in [0.25, 0.3) is 0 Å². The van der Waals surface area contributed by atoms with E-state index in [0.29, 0.717) is 0 Å². The van der Waals surface area contributed by atoms with Gasteiger partial charge in [0.15, 0.2) is 0 Å². The second kappa shape index (κ2) is 6.92. The molecule has 0 aliphatic carbocycles. The molecule has 0 N–H and O–H groups in total. The van der Waals surface area contributed by atoms with Crippen molar-refractivity contribution in [2.75, 3.05) is 27.9 Å². The predicted molar refractivity (Wildman–Crippen MR) is 90.4 cm³/mol. The lowest BCUT2D eigenvalue weighted by atomic mass is 9.99. The minimum atomic E-state index is 0.818. The molecule has 1 heterocycles. The molecule has 122 valence electrons. The van der Waals surface area contributed by atoms with Crippen LogP contribution in [0.1, 0.15) is 16.7 Å². The maximum atomic E-state index is 5.51. The van der Waals surface area contributed by atoms with Crippen molar-refractivity contribution in [3.8, 4) is 17.2 Å². The molecule has 0 saturated carbocycles. The molecule has 1 aliphatic rings. The van der Waals surface area contributed by atoms with E-state index in [0.717, 1.165) is 48.9 Å². The highest BCUT2D eigenvalue weighted by Crippen LogP contribution is 2.31. The summed E-state index contributed by atoms with van der Waals surface area (Å²) in [6.45, 7) is 2.76. The summed E-state index contributed by atoms with van der Waals surface area (Å²) in [7, 11) is 5.12. The van der Waals surface area contributed by atoms with Gasteiger partial charge < -0.3 is 14.2 Å². The van der Waals surface area contributed by atoms with E-state index in [1.165, 1.54) is 11.1 Å². The molecule has 2 aromatic rings. The van der Waals surface area contributed by atoms with Crippen LogP contribution in [-0.2, 0) is 19.5 Å². The molecule has 4 heteroatoms. The fourth-order valence-electron chi connectivity index (χ4n) is 3.16. The Bertz CT molecular complexity index is 662. The molecule has 0 unspecified atom stereocenters. The van der Waals surface area contributed by atoms with E-state index in [-0.39, 0.29) is 0 Å². The second-order valence-electron chi connectivity index (χ2n) is 5.74. The summed E-state index contributed by atoms with van der Waals surface area (Å²) in [6.07, 6.45) is 1.03. The van der Waals surface area contributed by atoms with Gasteiger partial charge in [0, 0.05) is 19.6 Å². The Balaban J connectivity index is 1.80. The van der Waals surface area contributed by atoms with Gasteiger partial charge in [-0.15, -0.1) is 0 Å². The van der Waals surface area contributed by atoms with Crippen molar-refractivity contribution in [1.82, 2.24) is 4.90 Å². The lowest BCUT2D eigenvalue weighted by molar-refractivity contribution is 0.237. The summed E-state index contributed by atoms with van der Waals surface area (Å²) < 4.78 is 16.3. The van der Waals surface area contributed by atoms with Gasteiger partial charge in [-0.25, -0.2) is 0 Å². The van der Waals surface area contributed by atoms with Crippen LogP contribution in [-0.4, -0.2) is 32.8 Å². The highest BCUT2D eigenvalue weighted by Gasteiger charge is 2.20. The van der Waals surface area contributed by atoms with Crippen LogP contribution in [0.5, 0.6) is 17.2 Å². The van der Waals surface area contributed by atoms with Crippen molar-refractivity contribution < 1.29 is 14.2 Å². The Hall–Kier alpha value is -2.20. The van der Waals surface area contributed by atoms with E-state index in [4.69, 9.17) is 14.2 Å². The van der Waals surface area contributed by atoms with Crippen LogP contribution in [0.3, 0.4) is 0 Å². The summed E-state index contributed by atoms with van der Waals surface area (Å²) in [4.78, 5) is 2.43. The standard InChI is InChI=1S/C19H23NO3/c1-21-16-8-7-15-12-20(10-9-14(15)11-16)13-17-18(22-2)5-4-6-19(17)23-3/h4-8,11H,9-10,12-13H2,1-3H3. The zero-order chi connectivity index (χ0) is 16.2. The molecule has 0 saturated heterocycles. The van der Waals surface area contributed by atoms with Crippen molar-refractivity contribution in [2.24, 2.45) is 0 Å². The summed E-state index contributed by atoms with van der Waals surface area (Å²) >= 11 is 0. The van der Waals surface area contributed by atoms with E-state index >= 15 is 0 Å². The van der Waals surface area contributed by atoms with Gasteiger partial charge in [0.05, 0.1) is 26.9 Å². The molecule has 0 atom stereocenters. The van der Waals surface area contributed by atoms with Gasteiger partial charge in [0.2, 0.25) is 0 Å². The Labute approximate surface area is 137 Å². The second-order valence-corrected chi connectivity index (χ2v) is 5.74. The number of hydrogen-bond acceptors (Lipinski definition) is 4. The van der Waals surface area contributed by atoms with Crippen LogP contribution in [0.15, 0.2) is 36.4 Å². The Kier molecular flexibility index (Phi) is 4.72. The molecule has 0 fully saturated rings. The fraction of sp³-hybridized carbons (Fsp3) is 0.368. The van der Waals surface area contributed by atoms with Crippen molar-refractivity contribution in [2.45, 2.75) is 19.5 Å². The van der Waals surface area contributed by atoms with Crippen LogP contribution in [0.2, 0.25) is 0 Å². The minimum absolute atomic E-state index is 0.818. The Morgan fingerprint density at radius 1 is 0.913 bits per heavy atom. The third kappa shape index (κ3) is 3.27. The number of methoxy groups -OCH3 is 3. The molecule has 2 aromatic carbocycles. The van der Waals surface area contributed by atoms with Gasteiger partial charge >= 0.3 is 0 Å². The van der Waals surface area contributed by atoms with Gasteiger partial charge in [-0.2, -0.15) is 0 Å². The molecule has 0 aromatic heterocycles. The third-order valence-corrected chi connectivity index (χ3v) is 4.42. The molecule has 0 radical (unpaired) electrons. The van der Waals surface area contributed by atoms with Crippen LogP contribution < -0.4 is 14.2 Å². The zero-order valence-corrected chi connectivity index (χ0v) is 14.0. The normalized spacial score (nSPS) is 14.2. The highest BCUT2D eigenvalue weighted by atomic mass is 16.5. The first-order valence-corrected chi connectivity index (χ1v) is 7.83. The molecule has 1 aliphatic heterocycles. The van der Waals surface area contributed by atoms with Crippen LogP contribution in [0, 0.1) is 0 Å². The van der Waals surface area contributed by atoms with Gasteiger partial charge in [0.1, 0.15) is 17.2 Å². The number of fused-ring (bicyclic) bond motifs is 1. The summed E-state index contributed by atoms with van der Waals surface area (Å²) in [5.74, 6) is 2.69. The minimum Gasteiger partial charge on any atom is -0.497 e. The van der Waals surface area contributed by atoms with Crippen LogP contribution in [0.4, 0.5) is 0 Å². The van der Waals surface area contributed by atoms with Crippen molar-refractivity contribution in [1.29, 1.82) is 0 Å². The van der Waals surface area contributed by atoms with E-state index < -0.39 is 0 Å². The monoisotopic (exact) mass is 313 g/mol. The van der Waals surface area contributed by atoms with Crippen LogP contribution in [0.25, 0.3) is 0 Å². The van der Waals surface area contributed by atoms with Crippen molar-refractivity contribution in [3.63, 3.8) is 0 Å². The molecular weight excluding hydrogens is 290 g/mol. The molecule has 0 bridgehead atoms. The fourth-order valence-corrected chi connectivity index (χ4v) is 3.16. The quantitative estimate of drug-likeness (QED) is 0.848. The largest absolute Gasteiger partial charge is 0.497 e. The van der Waals surface area contributed by atoms with Crippen molar-refractivity contribution >= 4 is 0 Å². The first-order chi connectivity index (χ1) is 11.2. The number of ether oxygens (including phenoxy) is 3. The summed E-state index contributed by atoms with van der Waals surface area (Å²) in [5, 5.41) is 0. The molecule has 0 spiro atoms. The number of benzene rings is 2. The maximum Gasteiger partial charge on any atom is 0.127 e. The first-order valence-electron chi connectivity index (χ1n) is 7.83. The Morgan fingerprint density at radius 3 is 2.30 bits per heavy atom. The topological polar surface area (TPSA) is 30.9 Å². The first kappa shape index (κ1) is 15.7. The molecule has 3 rings (SSSR count). The molecule has 4 nitrogen and oxygen atoms in total. The smallest absolute Gasteiger partial charge is 0.127 e. The third-order valence-electron chi connectivity index (χ3n) is 4.42. The van der Waals surface area contributed by atoms with Gasteiger partial charge in [-0.05, 0) is 41.8 Å². The molecule has 0 amide bonds. The van der Waals surface area contributed by atoms with E-state index in [9.17, 15) is 0 Å². The SMILES string of the molecule is COc1ccc2c(c1)CCN(Cc1c(OC)cccc1OC)C2. The van der Waals surface area contributed by atoms with Crippen LogP contribution >= 0.6 is 0 Å². The number of hydrogen-bond donors (Lipinski definition) is 0. The van der Waals surface area contributed by atoms with E-state index in [2.05, 4.69) is 17.0 Å². The average molecular weight is 313 g/mol. The van der Waals surface area contributed by atoms with E-state index in [1.807, 2.05) is 24.3 Å². The summed E-state index contributed by atoms with van der Waals surface area (Å²) in [5.41, 5.74) is 3.85. The molecular formula is C19H23NO3. The molecule has 23 heavy (non-hydrogen) atoms. The Morgan fingerprint density at radius 2 is 1.65 bits per heavy atom.